The molecule has 1 saturated heterocycles. The molecule has 1 aromatic heterocycles. The number of aryl methyl sites for hydroxylation is 1. The Morgan fingerprint density at radius 2 is 2.21 bits per heavy atom. The molecule has 2 heterocycles. The molecule has 0 saturated carbocycles. The lowest BCUT2D eigenvalue weighted by molar-refractivity contribution is 0.0144. The first-order valence-corrected chi connectivity index (χ1v) is 8.57. The second kappa shape index (κ2) is 6.43. The molecule has 128 valence electrons. The number of benzene rings is 1. The number of amides is 2. The van der Waals surface area contributed by atoms with E-state index in [-0.39, 0.29) is 24.4 Å². The van der Waals surface area contributed by atoms with Gasteiger partial charge in [0.05, 0.1) is 13.1 Å². The van der Waals surface area contributed by atoms with Crippen LogP contribution in [0.15, 0.2) is 35.7 Å². The molecule has 1 aliphatic rings. The third kappa shape index (κ3) is 3.69. The summed E-state index contributed by atoms with van der Waals surface area (Å²) >= 11 is 1.60. The fraction of sp³-hybridized carbons (Fsp3) is 0.438. The first kappa shape index (κ1) is 16.8. The summed E-state index contributed by atoms with van der Waals surface area (Å²) < 4.78 is 15.4. The van der Waals surface area contributed by atoms with E-state index in [1.54, 1.807) is 18.1 Å². The van der Waals surface area contributed by atoms with Gasteiger partial charge in [0.2, 0.25) is 0 Å². The number of likely N-dealkylation sites (tertiary alicyclic amines) is 1. The molecular weight excluding hydrogens is 329 g/mol. The summed E-state index contributed by atoms with van der Waals surface area (Å²) in [5.74, 6) is 0. The summed E-state index contributed by atoms with van der Waals surface area (Å²) in [7, 11) is 1.90. The highest BCUT2D eigenvalue weighted by molar-refractivity contribution is 7.99. The molecule has 1 atom stereocenters. The highest BCUT2D eigenvalue weighted by atomic mass is 32.2. The third-order valence-corrected chi connectivity index (χ3v) is 5.09. The number of rotatable bonds is 4. The van der Waals surface area contributed by atoms with Gasteiger partial charge in [-0.3, -0.25) is 0 Å². The summed E-state index contributed by atoms with van der Waals surface area (Å²) in [5, 5.41) is 11.8. The number of hydrogen-bond acceptors (Lipinski definition) is 4. The van der Waals surface area contributed by atoms with Crippen LogP contribution >= 0.6 is 11.8 Å². The highest BCUT2D eigenvalue weighted by Gasteiger charge is 2.41. The molecule has 3 rings (SSSR count). The summed E-state index contributed by atoms with van der Waals surface area (Å²) in [5.41, 5.74) is 0.510. The molecule has 0 spiro atoms. The summed E-state index contributed by atoms with van der Waals surface area (Å²) in [6.45, 7) is 3.85. The van der Waals surface area contributed by atoms with E-state index in [2.05, 4.69) is 22.4 Å². The van der Waals surface area contributed by atoms with Gasteiger partial charge in [-0.05, 0) is 31.5 Å². The molecule has 0 bridgehead atoms. The van der Waals surface area contributed by atoms with Gasteiger partial charge in [-0.2, -0.15) is 0 Å². The standard InChI is InChI=1S/C16H20FN5OS/c1-11(24-15-20-18-10-21(15)3)12-5-4-6-13(7-12)19-14(23)22-8-16(2,17)9-22/h4-7,10-11H,8-9H2,1-3H3,(H,19,23)/t11-/m0/s1. The maximum atomic E-state index is 13.5. The Morgan fingerprint density at radius 3 is 2.83 bits per heavy atom. The van der Waals surface area contributed by atoms with Gasteiger partial charge in [-0.15, -0.1) is 10.2 Å². The smallest absolute Gasteiger partial charge is 0.318 e. The van der Waals surface area contributed by atoms with E-state index in [1.165, 1.54) is 11.8 Å². The van der Waals surface area contributed by atoms with E-state index in [1.807, 2.05) is 35.9 Å². The van der Waals surface area contributed by atoms with E-state index in [9.17, 15) is 9.18 Å². The van der Waals surface area contributed by atoms with Crippen LogP contribution in [0.25, 0.3) is 0 Å². The third-order valence-electron chi connectivity index (χ3n) is 3.89. The van der Waals surface area contributed by atoms with E-state index in [0.717, 1.165) is 10.7 Å². The Morgan fingerprint density at radius 1 is 1.46 bits per heavy atom. The second-order valence-corrected chi connectivity index (χ2v) is 7.62. The minimum Gasteiger partial charge on any atom is -0.318 e. The van der Waals surface area contributed by atoms with Gasteiger partial charge in [0.25, 0.3) is 0 Å². The van der Waals surface area contributed by atoms with E-state index in [0.29, 0.717) is 5.69 Å². The quantitative estimate of drug-likeness (QED) is 0.861. The van der Waals surface area contributed by atoms with Gasteiger partial charge in [-0.25, -0.2) is 9.18 Å². The van der Waals surface area contributed by atoms with Crippen molar-refractivity contribution in [1.82, 2.24) is 19.7 Å². The Balaban J connectivity index is 1.63. The molecule has 1 N–H and O–H groups in total. The molecule has 0 unspecified atom stereocenters. The predicted octanol–water partition coefficient (Wildman–Crippen LogP) is 3.24. The number of aromatic nitrogens is 3. The molecule has 6 nitrogen and oxygen atoms in total. The summed E-state index contributed by atoms with van der Waals surface area (Å²) in [6.07, 6.45) is 1.66. The zero-order chi connectivity index (χ0) is 17.3. The minimum atomic E-state index is -1.26. The van der Waals surface area contributed by atoms with Gasteiger partial charge in [-0.1, -0.05) is 23.9 Å². The largest absolute Gasteiger partial charge is 0.322 e. The number of urea groups is 1. The van der Waals surface area contributed by atoms with Crippen molar-refractivity contribution >= 4 is 23.5 Å². The SMILES string of the molecule is C[C@H](Sc1nncn1C)c1cccc(NC(=O)N2CC(C)(F)C2)c1. The Hall–Kier alpha value is -2.09. The minimum absolute atomic E-state index is 0.136. The molecule has 0 radical (unpaired) electrons. The number of carbonyl (C=O) groups is 1. The molecule has 2 amide bonds. The van der Waals surface area contributed by atoms with Gasteiger partial charge in [0.15, 0.2) is 5.16 Å². The Labute approximate surface area is 144 Å². The van der Waals surface area contributed by atoms with Crippen LogP contribution in [-0.2, 0) is 7.05 Å². The first-order valence-electron chi connectivity index (χ1n) is 7.69. The summed E-state index contributed by atoms with van der Waals surface area (Å²) in [4.78, 5) is 13.5. The van der Waals surface area contributed by atoms with Crippen molar-refractivity contribution in [3.63, 3.8) is 0 Å². The lowest BCUT2D eigenvalue weighted by Gasteiger charge is -2.41. The predicted molar refractivity (Wildman–Crippen MR) is 91.8 cm³/mol. The lowest BCUT2D eigenvalue weighted by Crippen LogP contribution is -2.60. The van der Waals surface area contributed by atoms with Crippen molar-refractivity contribution in [3.8, 4) is 0 Å². The van der Waals surface area contributed by atoms with Crippen molar-refractivity contribution in [2.24, 2.45) is 7.05 Å². The zero-order valence-electron chi connectivity index (χ0n) is 13.9. The van der Waals surface area contributed by atoms with Gasteiger partial charge < -0.3 is 14.8 Å². The van der Waals surface area contributed by atoms with E-state index < -0.39 is 5.67 Å². The fourth-order valence-electron chi connectivity index (χ4n) is 2.57. The average Bonchev–Trinajstić information content (AvgIpc) is 2.90. The number of halogens is 1. The van der Waals surface area contributed by atoms with Crippen LogP contribution in [0, 0.1) is 0 Å². The van der Waals surface area contributed by atoms with Crippen molar-refractivity contribution in [3.05, 3.63) is 36.2 Å². The number of hydrogen-bond donors (Lipinski definition) is 1. The van der Waals surface area contributed by atoms with Crippen LogP contribution in [0.3, 0.4) is 0 Å². The topological polar surface area (TPSA) is 63.1 Å². The molecule has 24 heavy (non-hydrogen) atoms. The maximum absolute atomic E-state index is 13.5. The fourth-order valence-corrected chi connectivity index (χ4v) is 3.48. The van der Waals surface area contributed by atoms with Crippen molar-refractivity contribution in [1.29, 1.82) is 0 Å². The maximum Gasteiger partial charge on any atom is 0.322 e. The van der Waals surface area contributed by atoms with Crippen LogP contribution in [0.2, 0.25) is 0 Å². The molecule has 1 aliphatic heterocycles. The van der Waals surface area contributed by atoms with Crippen molar-refractivity contribution in [2.75, 3.05) is 18.4 Å². The number of alkyl halides is 1. The van der Waals surface area contributed by atoms with E-state index in [4.69, 9.17) is 0 Å². The Bertz CT molecular complexity index is 740. The highest BCUT2D eigenvalue weighted by Crippen LogP contribution is 2.34. The van der Waals surface area contributed by atoms with Crippen LogP contribution in [-0.4, -0.2) is 44.5 Å². The van der Waals surface area contributed by atoms with Gasteiger partial charge >= 0.3 is 6.03 Å². The molecule has 0 aliphatic carbocycles. The van der Waals surface area contributed by atoms with Crippen LogP contribution in [0.5, 0.6) is 0 Å². The van der Waals surface area contributed by atoms with Gasteiger partial charge in [0, 0.05) is 18.0 Å². The van der Waals surface area contributed by atoms with Crippen LogP contribution in [0.4, 0.5) is 14.9 Å². The van der Waals surface area contributed by atoms with E-state index >= 15 is 0 Å². The average molecular weight is 349 g/mol. The molecule has 8 heteroatoms. The van der Waals surface area contributed by atoms with Crippen LogP contribution < -0.4 is 5.32 Å². The molecular formula is C16H20FN5OS. The molecule has 1 fully saturated rings. The number of nitrogens with zero attached hydrogens (tertiary/aromatic N) is 4. The lowest BCUT2D eigenvalue weighted by atomic mass is 10.00. The number of anilines is 1. The van der Waals surface area contributed by atoms with Crippen molar-refractivity contribution < 1.29 is 9.18 Å². The van der Waals surface area contributed by atoms with Crippen LogP contribution in [0.1, 0.15) is 24.7 Å². The monoisotopic (exact) mass is 349 g/mol. The molecule has 1 aromatic carbocycles. The Kier molecular flexibility index (Phi) is 4.49. The van der Waals surface area contributed by atoms with Gasteiger partial charge in [0.1, 0.15) is 12.0 Å². The normalized spacial score (nSPS) is 17.2. The number of nitrogens with one attached hydrogen (secondary N) is 1. The zero-order valence-corrected chi connectivity index (χ0v) is 14.7. The number of carbonyl (C=O) groups excluding carboxylic acids is 1. The van der Waals surface area contributed by atoms with Crippen molar-refractivity contribution in [2.45, 2.75) is 29.9 Å². The first-order chi connectivity index (χ1) is 11.3. The number of thioether (sulfide) groups is 1. The molecule has 2 aromatic rings. The summed E-state index contributed by atoms with van der Waals surface area (Å²) in [6, 6.07) is 7.39. The second-order valence-electron chi connectivity index (χ2n) is 6.31.